The normalized spacial score (nSPS) is 15.8. The SMILES string of the molecule is CC(C)C(c1ncc(C(F)(F)F)cc1Cl)C(C)N. The molecule has 1 heterocycles. The van der Waals surface area contributed by atoms with Crippen LogP contribution in [0.1, 0.15) is 37.9 Å². The number of hydrogen-bond acceptors (Lipinski definition) is 2. The highest BCUT2D eigenvalue weighted by atomic mass is 35.5. The molecule has 0 radical (unpaired) electrons. The van der Waals surface area contributed by atoms with Crippen LogP contribution in [-0.2, 0) is 6.18 Å². The number of nitrogens with zero attached hydrogens (tertiary/aromatic N) is 1. The van der Waals surface area contributed by atoms with Gasteiger partial charge in [0.1, 0.15) is 0 Å². The third kappa shape index (κ3) is 3.36. The van der Waals surface area contributed by atoms with E-state index in [1.807, 2.05) is 13.8 Å². The molecule has 0 aromatic carbocycles. The predicted octanol–water partition coefficient (Wildman–Crippen LogP) is 3.84. The number of alkyl halides is 3. The van der Waals surface area contributed by atoms with E-state index in [2.05, 4.69) is 4.98 Å². The Bertz CT molecular complexity index is 408. The van der Waals surface area contributed by atoms with Gasteiger partial charge in [-0.2, -0.15) is 13.2 Å². The van der Waals surface area contributed by atoms with Gasteiger partial charge < -0.3 is 5.73 Å². The maximum Gasteiger partial charge on any atom is 0.417 e. The fourth-order valence-corrected chi connectivity index (χ4v) is 2.31. The zero-order valence-electron chi connectivity index (χ0n) is 10.4. The molecule has 0 bridgehead atoms. The lowest BCUT2D eigenvalue weighted by Crippen LogP contribution is -2.29. The second-order valence-corrected chi connectivity index (χ2v) is 5.12. The van der Waals surface area contributed by atoms with Crippen LogP contribution in [-0.4, -0.2) is 11.0 Å². The van der Waals surface area contributed by atoms with Gasteiger partial charge in [-0.05, 0) is 18.9 Å². The molecular weight excluding hydrogens is 265 g/mol. The van der Waals surface area contributed by atoms with Crippen molar-refractivity contribution in [2.75, 3.05) is 0 Å². The van der Waals surface area contributed by atoms with Crippen molar-refractivity contribution in [1.29, 1.82) is 0 Å². The van der Waals surface area contributed by atoms with Gasteiger partial charge in [0.15, 0.2) is 0 Å². The molecule has 2 atom stereocenters. The summed E-state index contributed by atoms with van der Waals surface area (Å²) in [6, 6.07) is 0.675. The molecule has 0 amide bonds. The Hall–Kier alpha value is -0.810. The summed E-state index contributed by atoms with van der Waals surface area (Å²) in [6.07, 6.45) is -3.63. The lowest BCUT2D eigenvalue weighted by molar-refractivity contribution is -0.137. The average molecular weight is 281 g/mol. The van der Waals surface area contributed by atoms with E-state index in [0.717, 1.165) is 12.3 Å². The largest absolute Gasteiger partial charge is 0.417 e. The minimum absolute atomic E-state index is 0.0147. The second kappa shape index (κ2) is 5.45. The van der Waals surface area contributed by atoms with Crippen LogP contribution in [0.5, 0.6) is 0 Å². The van der Waals surface area contributed by atoms with Gasteiger partial charge in [0.05, 0.1) is 16.3 Å². The smallest absolute Gasteiger partial charge is 0.327 e. The molecule has 102 valence electrons. The molecule has 1 aromatic rings. The van der Waals surface area contributed by atoms with Gasteiger partial charge >= 0.3 is 6.18 Å². The summed E-state index contributed by atoms with van der Waals surface area (Å²) in [7, 11) is 0. The van der Waals surface area contributed by atoms with Crippen molar-refractivity contribution >= 4 is 11.6 Å². The zero-order valence-corrected chi connectivity index (χ0v) is 11.2. The monoisotopic (exact) mass is 280 g/mol. The van der Waals surface area contributed by atoms with Crippen molar-refractivity contribution in [1.82, 2.24) is 4.98 Å². The zero-order chi connectivity index (χ0) is 14.1. The third-order valence-corrected chi connectivity index (χ3v) is 3.10. The van der Waals surface area contributed by atoms with Crippen LogP contribution in [0.3, 0.4) is 0 Å². The highest BCUT2D eigenvalue weighted by Crippen LogP contribution is 2.35. The molecule has 0 fully saturated rings. The van der Waals surface area contributed by atoms with Gasteiger partial charge in [0.2, 0.25) is 0 Å². The van der Waals surface area contributed by atoms with Crippen LogP contribution in [0.4, 0.5) is 13.2 Å². The van der Waals surface area contributed by atoms with E-state index >= 15 is 0 Å². The number of halogens is 4. The molecule has 0 saturated heterocycles. The second-order valence-electron chi connectivity index (χ2n) is 4.72. The van der Waals surface area contributed by atoms with E-state index in [-0.39, 0.29) is 22.9 Å². The van der Waals surface area contributed by atoms with Crippen LogP contribution < -0.4 is 5.73 Å². The number of hydrogen-bond donors (Lipinski definition) is 1. The van der Waals surface area contributed by atoms with Gasteiger partial charge in [-0.15, -0.1) is 0 Å². The number of rotatable bonds is 3. The maximum absolute atomic E-state index is 12.5. The first-order valence-electron chi connectivity index (χ1n) is 5.62. The van der Waals surface area contributed by atoms with Crippen LogP contribution >= 0.6 is 11.6 Å². The number of pyridine rings is 1. The van der Waals surface area contributed by atoms with E-state index in [4.69, 9.17) is 17.3 Å². The van der Waals surface area contributed by atoms with Crippen LogP contribution in [0.15, 0.2) is 12.3 Å². The molecule has 0 aliphatic rings. The minimum atomic E-state index is -4.43. The highest BCUT2D eigenvalue weighted by Gasteiger charge is 2.33. The number of aromatic nitrogens is 1. The molecule has 0 saturated carbocycles. The molecular formula is C12H16ClF3N2. The summed E-state index contributed by atoms with van der Waals surface area (Å²) in [5, 5.41) is 0.0147. The van der Waals surface area contributed by atoms with Crippen molar-refractivity contribution in [2.24, 2.45) is 11.7 Å². The van der Waals surface area contributed by atoms with E-state index in [1.165, 1.54) is 0 Å². The molecule has 0 aliphatic carbocycles. The summed E-state index contributed by atoms with van der Waals surface area (Å²) >= 11 is 5.90. The van der Waals surface area contributed by atoms with Gasteiger partial charge in [0.25, 0.3) is 0 Å². The molecule has 1 aromatic heterocycles. The van der Waals surface area contributed by atoms with E-state index in [9.17, 15) is 13.2 Å². The Morgan fingerprint density at radius 3 is 2.17 bits per heavy atom. The first-order valence-corrected chi connectivity index (χ1v) is 6.00. The van der Waals surface area contributed by atoms with E-state index in [0.29, 0.717) is 5.69 Å². The molecule has 1 rings (SSSR count). The standard InChI is InChI=1S/C12H16ClF3N2/c1-6(2)10(7(3)17)11-9(13)4-8(5-18-11)12(14,15)16/h4-7,10H,17H2,1-3H3. The average Bonchev–Trinajstić information content (AvgIpc) is 2.18. The molecule has 18 heavy (non-hydrogen) atoms. The molecule has 2 unspecified atom stereocenters. The van der Waals surface area contributed by atoms with Crippen molar-refractivity contribution in [3.05, 3.63) is 28.5 Å². The van der Waals surface area contributed by atoms with Gasteiger partial charge in [-0.3, -0.25) is 4.98 Å². The summed E-state index contributed by atoms with van der Waals surface area (Å²) < 4.78 is 37.5. The topological polar surface area (TPSA) is 38.9 Å². The van der Waals surface area contributed by atoms with Crippen molar-refractivity contribution in [3.8, 4) is 0 Å². The Balaban J connectivity index is 3.20. The predicted molar refractivity (Wildman–Crippen MR) is 65.5 cm³/mol. The molecule has 2 N–H and O–H groups in total. The molecule has 0 aliphatic heterocycles. The van der Waals surface area contributed by atoms with E-state index < -0.39 is 11.7 Å². The minimum Gasteiger partial charge on any atom is -0.327 e. The first-order chi connectivity index (χ1) is 8.14. The van der Waals surface area contributed by atoms with Crippen molar-refractivity contribution < 1.29 is 13.2 Å². The summed E-state index contributed by atoms with van der Waals surface area (Å²) in [5.41, 5.74) is 5.42. The van der Waals surface area contributed by atoms with Gasteiger partial charge in [-0.25, -0.2) is 0 Å². The van der Waals surface area contributed by atoms with Crippen LogP contribution in [0.25, 0.3) is 0 Å². The summed E-state index contributed by atoms with van der Waals surface area (Å²) in [6.45, 7) is 5.66. The van der Waals surface area contributed by atoms with Gasteiger partial charge in [0, 0.05) is 18.2 Å². The Morgan fingerprint density at radius 2 is 1.83 bits per heavy atom. The fourth-order valence-electron chi connectivity index (χ4n) is 2.02. The quantitative estimate of drug-likeness (QED) is 0.913. The van der Waals surface area contributed by atoms with Crippen LogP contribution in [0.2, 0.25) is 5.02 Å². The summed E-state index contributed by atoms with van der Waals surface area (Å²) in [4.78, 5) is 3.86. The van der Waals surface area contributed by atoms with Crippen molar-refractivity contribution in [2.45, 2.75) is 38.9 Å². The third-order valence-electron chi connectivity index (χ3n) is 2.80. The first kappa shape index (κ1) is 15.2. The Kier molecular flexibility index (Phi) is 4.61. The summed E-state index contributed by atoms with van der Waals surface area (Å²) in [5.74, 6) is -0.0217. The van der Waals surface area contributed by atoms with Crippen LogP contribution in [0, 0.1) is 5.92 Å². The fraction of sp³-hybridized carbons (Fsp3) is 0.583. The lowest BCUT2D eigenvalue weighted by atomic mass is 9.86. The molecule has 6 heteroatoms. The maximum atomic E-state index is 12.5. The Morgan fingerprint density at radius 1 is 1.28 bits per heavy atom. The molecule has 2 nitrogen and oxygen atoms in total. The lowest BCUT2D eigenvalue weighted by Gasteiger charge is -2.25. The number of nitrogens with two attached hydrogens (primary N) is 1. The van der Waals surface area contributed by atoms with E-state index in [1.54, 1.807) is 6.92 Å². The van der Waals surface area contributed by atoms with Crippen molar-refractivity contribution in [3.63, 3.8) is 0 Å². The highest BCUT2D eigenvalue weighted by molar-refractivity contribution is 6.31. The molecule has 0 spiro atoms. The Labute approximate surface area is 109 Å². The van der Waals surface area contributed by atoms with Gasteiger partial charge in [-0.1, -0.05) is 25.4 Å².